The molecule has 2 aromatic rings. The van der Waals surface area contributed by atoms with Crippen LogP contribution < -0.4 is 5.32 Å². The Bertz CT molecular complexity index is 1060. The molecule has 2 amide bonds. The topological polar surface area (TPSA) is 95.9 Å². The van der Waals surface area contributed by atoms with Crippen LogP contribution in [0.2, 0.25) is 0 Å². The average molecular weight is 449 g/mol. The van der Waals surface area contributed by atoms with E-state index in [1.165, 1.54) is 11.0 Å². The van der Waals surface area contributed by atoms with Gasteiger partial charge in [-0.25, -0.2) is 9.59 Å². The number of fused-ring (bicyclic) bond motifs is 3. The maximum Gasteiger partial charge on any atom is 0.407 e. The van der Waals surface area contributed by atoms with Crippen LogP contribution in [0.15, 0.2) is 61.2 Å². The molecular formula is C26H28N2O5. The molecule has 1 heterocycles. The van der Waals surface area contributed by atoms with Gasteiger partial charge in [-0.3, -0.25) is 4.79 Å². The number of carbonyl (C=O) groups is 3. The number of carboxylic acid groups (broad SMARTS) is 1. The Balaban J connectivity index is 1.43. The lowest BCUT2D eigenvalue weighted by Gasteiger charge is -2.52. The van der Waals surface area contributed by atoms with Crippen LogP contribution in [0.3, 0.4) is 0 Å². The molecular weight excluding hydrogens is 420 g/mol. The van der Waals surface area contributed by atoms with Crippen LogP contribution in [0.4, 0.5) is 4.79 Å². The lowest BCUT2D eigenvalue weighted by Crippen LogP contribution is -2.69. The van der Waals surface area contributed by atoms with Crippen molar-refractivity contribution in [2.75, 3.05) is 13.2 Å². The molecule has 172 valence electrons. The maximum absolute atomic E-state index is 13.0. The fraction of sp³-hybridized carbons (Fsp3) is 0.346. The quantitative estimate of drug-likeness (QED) is 0.629. The zero-order chi connectivity index (χ0) is 23.8. The Hall–Kier alpha value is -3.61. The van der Waals surface area contributed by atoms with Gasteiger partial charge in [-0.1, -0.05) is 68.5 Å². The maximum atomic E-state index is 13.0. The number of carboxylic acids is 1. The lowest BCUT2D eigenvalue weighted by molar-refractivity contribution is -0.172. The normalized spacial score (nSPS) is 19.0. The number of nitrogens with zero attached hydrogens (tertiary/aromatic N) is 1. The Kier molecular flexibility index (Phi) is 5.97. The molecule has 0 aromatic heterocycles. The summed E-state index contributed by atoms with van der Waals surface area (Å²) in [7, 11) is 0. The number of hydrogen-bond acceptors (Lipinski definition) is 4. The molecule has 2 atom stereocenters. The van der Waals surface area contributed by atoms with Crippen LogP contribution in [0, 0.1) is 5.41 Å². The summed E-state index contributed by atoms with van der Waals surface area (Å²) in [5.41, 5.74) is 3.92. The van der Waals surface area contributed by atoms with Crippen molar-refractivity contribution in [2.24, 2.45) is 5.41 Å². The molecule has 1 aliphatic carbocycles. The predicted octanol–water partition coefficient (Wildman–Crippen LogP) is 3.79. The molecule has 1 aliphatic heterocycles. The van der Waals surface area contributed by atoms with E-state index in [1.54, 1.807) is 13.8 Å². The van der Waals surface area contributed by atoms with Gasteiger partial charge in [0.2, 0.25) is 5.91 Å². The van der Waals surface area contributed by atoms with E-state index in [9.17, 15) is 19.5 Å². The zero-order valence-corrected chi connectivity index (χ0v) is 18.8. The number of benzene rings is 2. The van der Waals surface area contributed by atoms with Gasteiger partial charge in [0.1, 0.15) is 18.7 Å². The molecule has 2 aliphatic rings. The highest BCUT2D eigenvalue weighted by molar-refractivity contribution is 5.91. The third-order valence-corrected chi connectivity index (χ3v) is 6.48. The van der Waals surface area contributed by atoms with Gasteiger partial charge >= 0.3 is 12.1 Å². The van der Waals surface area contributed by atoms with E-state index in [0.717, 1.165) is 22.3 Å². The van der Waals surface area contributed by atoms with E-state index in [2.05, 4.69) is 24.0 Å². The minimum absolute atomic E-state index is 0.0933. The molecule has 2 aromatic carbocycles. The minimum atomic E-state index is -1.06. The molecule has 33 heavy (non-hydrogen) atoms. The highest BCUT2D eigenvalue weighted by atomic mass is 16.5. The summed E-state index contributed by atoms with van der Waals surface area (Å²) in [6.07, 6.45) is 0.975. The van der Waals surface area contributed by atoms with Crippen molar-refractivity contribution in [3.05, 3.63) is 72.3 Å². The predicted molar refractivity (Wildman–Crippen MR) is 124 cm³/mol. The first-order valence-corrected chi connectivity index (χ1v) is 11.0. The highest BCUT2D eigenvalue weighted by Gasteiger charge is 2.53. The van der Waals surface area contributed by atoms with Crippen molar-refractivity contribution in [1.29, 1.82) is 0 Å². The minimum Gasteiger partial charge on any atom is -0.480 e. The number of carbonyl (C=O) groups excluding carboxylic acids is 2. The van der Waals surface area contributed by atoms with E-state index in [1.807, 2.05) is 36.4 Å². The summed E-state index contributed by atoms with van der Waals surface area (Å²) < 4.78 is 5.54. The van der Waals surface area contributed by atoms with Gasteiger partial charge in [0.25, 0.3) is 0 Å². The molecule has 0 radical (unpaired) electrons. The first-order valence-electron chi connectivity index (χ1n) is 11.0. The summed E-state index contributed by atoms with van der Waals surface area (Å²) in [6, 6.07) is 14.2. The SMILES string of the molecule is C=CCC(NC(=O)OCC1c2ccccc2-c2ccccc21)C(=O)N1CC(C)(C)C1C(=O)O. The second-order valence-corrected chi connectivity index (χ2v) is 9.24. The number of aliphatic carboxylic acids is 1. The fourth-order valence-corrected chi connectivity index (χ4v) is 4.97. The van der Waals surface area contributed by atoms with Gasteiger partial charge in [-0.15, -0.1) is 6.58 Å². The number of amides is 2. The number of hydrogen-bond donors (Lipinski definition) is 2. The zero-order valence-electron chi connectivity index (χ0n) is 18.8. The fourth-order valence-electron chi connectivity index (χ4n) is 4.97. The Morgan fingerprint density at radius 2 is 1.73 bits per heavy atom. The highest BCUT2D eigenvalue weighted by Crippen LogP contribution is 2.44. The number of alkyl carbamates (subject to hydrolysis) is 1. The van der Waals surface area contributed by atoms with Gasteiger partial charge in [-0.2, -0.15) is 0 Å². The Morgan fingerprint density at radius 1 is 1.15 bits per heavy atom. The second kappa shape index (κ2) is 8.73. The van der Waals surface area contributed by atoms with Crippen molar-refractivity contribution in [3.8, 4) is 11.1 Å². The molecule has 1 saturated heterocycles. The number of likely N-dealkylation sites (tertiary alicyclic amines) is 1. The van der Waals surface area contributed by atoms with Crippen LogP contribution in [0.25, 0.3) is 11.1 Å². The van der Waals surface area contributed by atoms with Gasteiger partial charge in [0.05, 0.1) is 0 Å². The van der Waals surface area contributed by atoms with E-state index in [0.29, 0.717) is 6.54 Å². The third-order valence-electron chi connectivity index (χ3n) is 6.48. The van der Waals surface area contributed by atoms with Gasteiger partial charge in [0.15, 0.2) is 0 Å². The van der Waals surface area contributed by atoms with E-state index in [-0.39, 0.29) is 18.9 Å². The summed E-state index contributed by atoms with van der Waals surface area (Å²) in [6.45, 7) is 7.70. The lowest BCUT2D eigenvalue weighted by atomic mass is 9.74. The Labute approximate surface area is 193 Å². The van der Waals surface area contributed by atoms with Crippen LogP contribution >= 0.6 is 0 Å². The van der Waals surface area contributed by atoms with Crippen LogP contribution in [-0.2, 0) is 14.3 Å². The summed E-state index contributed by atoms with van der Waals surface area (Å²) >= 11 is 0. The van der Waals surface area contributed by atoms with Crippen LogP contribution in [0.5, 0.6) is 0 Å². The number of rotatable bonds is 7. The summed E-state index contributed by atoms with van der Waals surface area (Å²) in [5.74, 6) is -1.60. The molecule has 2 N–H and O–H groups in total. The van der Waals surface area contributed by atoms with Crippen molar-refractivity contribution in [3.63, 3.8) is 0 Å². The third kappa shape index (κ3) is 4.11. The van der Waals surface area contributed by atoms with Crippen molar-refractivity contribution in [1.82, 2.24) is 10.2 Å². The van der Waals surface area contributed by atoms with Crippen LogP contribution in [0.1, 0.15) is 37.3 Å². The van der Waals surface area contributed by atoms with Crippen molar-refractivity contribution >= 4 is 18.0 Å². The number of nitrogens with one attached hydrogen (secondary N) is 1. The van der Waals surface area contributed by atoms with Gasteiger partial charge in [-0.05, 0) is 28.7 Å². The van der Waals surface area contributed by atoms with Crippen LogP contribution in [-0.4, -0.2) is 53.2 Å². The van der Waals surface area contributed by atoms with Crippen molar-refractivity contribution in [2.45, 2.75) is 38.3 Å². The first kappa shape index (κ1) is 22.6. The smallest absolute Gasteiger partial charge is 0.407 e. The standard InChI is InChI=1S/C26H28N2O5/c1-4-9-21(23(29)28-15-26(2,3)22(28)24(30)31)27-25(32)33-14-20-18-12-7-5-10-16(18)17-11-6-8-13-19(17)20/h4-8,10-13,20-22H,1,9,14-15H2,2-3H3,(H,27,32)(H,30,31). The molecule has 0 spiro atoms. The molecule has 2 unspecified atom stereocenters. The number of ether oxygens (including phenoxy) is 1. The molecule has 4 rings (SSSR count). The average Bonchev–Trinajstić information content (AvgIpc) is 3.09. The van der Waals surface area contributed by atoms with Gasteiger partial charge < -0.3 is 20.1 Å². The summed E-state index contributed by atoms with van der Waals surface area (Å²) in [4.78, 5) is 38.5. The first-order chi connectivity index (χ1) is 15.7. The largest absolute Gasteiger partial charge is 0.480 e. The van der Waals surface area contributed by atoms with Gasteiger partial charge in [0, 0.05) is 17.9 Å². The van der Waals surface area contributed by atoms with E-state index < -0.39 is 35.5 Å². The second-order valence-electron chi connectivity index (χ2n) is 9.24. The molecule has 0 bridgehead atoms. The molecule has 7 nitrogen and oxygen atoms in total. The molecule has 1 fully saturated rings. The summed E-state index contributed by atoms with van der Waals surface area (Å²) in [5, 5.41) is 12.1. The van der Waals surface area contributed by atoms with Crippen molar-refractivity contribution < 1.29 is 24.2 Å². The Morgan fingerprint density at radius 3 is 2.24 bits per heavy atom. The van der Waals surface area contributed by atoms with E-state index in [4.69, 9.17) is 4.74 Å². The van der Waals surface area contributed by atoms with E-state index >= 15 is 0 Å². The molecule has 7 heteroatoms. The molecule has 0 saturated carbocycles. The monoisotopic (exact) mass is 448 g/mol.